The van der Waals surface area contributed by atoms with Crippen LogP contribution in [0.5, 0.6) is 0 Å². The van der Waals surface area contributed by atoms with E-state index in [0.29, 0.717) is 15.6 Å². The maximum absolute atomic E-state index is 12.3. The molecule has 3 rings (SSSR count). The van der Waals surface area contributed by atoms with E-state index >= 15 is 0 Å². The lowest BCUT2D eigenvalue weighted by atomic mass is 10.2. The molecule has 24 heavy (non-hydrogen) atoms. The third-order valence-corrected chi connectivity index (χ3v) is 5.48. The van der Waals surface area contributed by atoms with Gasteiger partial charge in [0.1, 0.15) is 4.88 Å². The number of hydrogen-bond donors (Lipinski definition) is 2. The number of carbonyl (C=O) groups is 2. The van der Waals surface area contributed by atoms with Gasteiger partial charge in [0, 0.05) is 20.2 Å². The van der Waals surface area contributed by atoms with Crippen LogP contribution in [0.2, 0.25) is 5.02 Å². The quantitative estimate of drug-likeness (QED) is 0.640. The number of carbonyl (C=O) groups excluding carboxylic acids is 2. The summed E-state index contributed by atoms with van der Waals surface area (Å²) in [5.74, 6) is -0.657. The van der Waals surface area contributed by atoms with Gasteiger partial charge in [-0.3, -0.25) is 9.59 Å². The molecule has 0 atom stereocenters. The summed E-state index contributed by atoms with van der Waals surface area (Å²) in [5, 5.41) is 6.57. The Kier molecular flexibility index (Phi) is 5.18. The fourth-order valence-corrected chi connectivity index (χ4v) is 3.84. The molecule has 0 aliphatic carbocycles. The van der Waals surface area contributed by atoms with E-state index < -0.39 is 0 Å². The van der Waals surface area contributed by atoms with E-state index in [1.165, 1.54) is 11.3 Å². The molecule has 1 aromatic heterocycles. The van der Waals surface area contributed by atoms with Crippen molar-refractivity contribution in [3.63, 3.8) is 0 Å². The predicted molar refractivity (Wildman–Crippen MR) is 102 cm³/mol. The Balaban J connectivity index is 1.63. The molecule has 0 spiro atoms. The van der Waals surface area contributed by atoms with Crippen molar-refractivity contribution >= 4 is 66.5 Å². The monoisotopic (exact) mass is 422 g/mol. The highest BCUT2D eigenvalue weighted by Gasteiger charge is 2.17. The summed E-state index contributed by atoms with van der Waals surface area (Å²) in [7, 11) is 0. The summed E-state index contributed by atoms with van der Waals surface area (Å²) >= 11 is 10.9. The summed E-state index contributed by atoms with van der Waals surface area (Å²) in [6.07, 6.45) is 0. The van der Waals surface area contributed by atoms with Crippen molar-refractivity contribution in [3.05, 3.63) is 62.9 Å². The molecule has 0 aliphatic heterocycles. The smallest absolute Gasteiger partial charge is 0.263 e. The van der Waals surface area contributed by atoms with Gasteiger partial charge in [-0.1, -0.05) is 45.7 Å². The van der Waals surface area contributed by atoms with Gasteiger partial charge in [-0.05, 0) is 30.3 Å². The third kappa shape index (κ3) is 3.77. The highest BCUT2D eigenvalue weighted by molar-refractivity contribution is 9.10. The first-order chi connectivity index (χ1) is 11.5. The Bertz CT molecular complexity index is 909. The summed E-state index contributed by atoms with van der Waals surface area (Å²) < 4.78 is 1.86. The first kappa shape index (κ1) is 17.0. The lowest BCUT2D eigenvalue weighted by Crippen LogP contribution is -2.32. The molecule has 0 aliphatic rings. The van der Waals surface area contributed by atoms with Crippen LogP contribution in [-0.2, 0) is 4.79 Å². The van der Waals surface area contributed by atoms with E-state index in [4.69, 9.17) is 11.6 Å². The summed E-state index contributed by atoms with van der Waals surface area (Å²) in [6, 6.07) is 14.7. The molecule has 0 saturated carbocycles. The van der Waals surface area contributed by atoms with Crippen LogP contribution >= 0.6 is 38.9 Å². The molecule has 0 saturated heterocycles. The summed E-state index contributed by atoms with van der Waals surface area (Å²) in [6.45, 7) is -0.126. The largest absolute Gasteiger partial charge is 0.342 e. The Hall–Kier alpha value is -1.89. The van der Waals surface area contributed by atoms with Crippen molar-refractivity contribution in [1.29, 1.82) is 0 Å². The van der Waals surface area contributed by atoms with Crippen molar-refractivity contribution in [2.45, 2.75) is 0 Å². The first-order valence-corrected chi connectivity index (χ1v) is 9.04. The van der Waals surface area contributed by atoms with Gasteiger partial charge in [-0.25, -0.2) is 0 Å². The highest BCUT2D eigenvalue weighted by atomic mass is 79.9. The normalized spacial score (nSPS) is 10.6. The number of anilines is 1. The van der Waals surface area contributed by atoms with Crippen LogP contribution in [0.4, 0.5) is 5.69 Å². The van der Waals surface area contributed by atoms with E-state index in [1.54, 1.807) is 12.1 Å². The van der Waals surface area contributed by atoms with Gasteiger partial charge in [-0.2, -0.15) is 0 Å². The SMILES string of the molecule is O=C(CNC(=O)c1sc2ccccc2c1Cl)Nc1ccc(Br)cc1. The molecule has 2 aromatic carbocycles. The van der Waals surface area contributed by atoms with Crippen molar-refractivity contribution in [1.82, 2.24) is 5.32 Å². The highest BCUT2D eigenvalue weighted by Crippen LogP contribution is 2.34. The van der Waals surface area contributed by atoms with Gasteiger partial charge >= 0.3 is 0 Å². The van der Waals surface area contributed by atoms with Crippen LogP contribution in [0.1, 0.15) is 9.67 Å². The van der Waals surface area contributed by atoms with Crippen molar-refractivity contribution < 1.29 is 9.59 Å². The lowest BCUT2D eigenvalue weighted by molar-refractivity contribution is -0.115. The zero-order chi connectivity index (χ0) is 17.1. The van der Waals surface area contributed by atoms with E-state index in [-0.39, 0.29) is 18.4 Å². The molecule has 0 fully saturated rings. The summed E-state index contributed by atoms with van der Waals surface area (Å²) in [5.41, 5.74) is 0.664. The van der Waals surface area contributed by atoms with Gasteiger partial charge in [-0.15, -0.1) is 11.3 Å². The molecular formula is C17H12BrClN2O2S. The average Bonchev–Trinajstić information content (AvgIpc) is 2.92. The van der Waals surface area contributed by atoms with E-state index in [0.717, 1.165) is 14.6 Å². The molecule has 7 heteroatoms. The van der Waals surface area contributed by atoms with Gasteiger partial charge in [0.05, 0.1) is 11.6 Å². The Morgan fingerprint density at radius 1 is 1.08 bits per heavy atom. The molecule has 1 heterocycles. The topological polar surface area (TPSA) is 58.2 Å². The molecule has 2 N–H and O–H groups in total. The Morgan fingerprint density at radius 2 is 1.79 bits per heavy atom. The van der Waals surface area contributed by atoms with E-state index in [2.05, 4.69) is 26.6 Å². The number of benzene rings is 2. The van der Waals surface area contributed by atoms with Crippen molar-refractivity contribution in [2.24, 2.45) is 0 Å². The van der Waals surface area contributed by atoms with Crippen molar-refractivity contribution in [3.8, 4) is 0 Å². The predicted octanol–water partition coefficient (Wildman–Crippen LogP) is 4.69. The van der Waals surface area contributed by atoms with Crippen LogP contribution < -0.4 is 10.6 Å². The minimum atomic E-state index is -0.354. The number of hydrogen-bond acceptors (Lipinski definition) is 3. The zero-order valence-corrected chi connectivity index (χ0v) is 15.5. The Morgan fingerprint density at radius 3 is 2.50 bits per heavy atom. The van der Waals surface area contributed by atoms with Crippen molar-refractivity contribution in [2.75, 3.05) is 11.9 Å². The first-order valence-electron chi connectivity index (χ1n) is 7.05. The van der Waals surface area contributed by atoms with Gasteiger partial charge in [0.2, 0.25) is 5.91 Å². The van der Waals surface area contributed by atoms with Gasteiger partial charge < -0.3 is 10.6 Å². The maximum atomic E-state index is 12.3. The fourth-order valence-electron chi connectivity index (χ4n) is 2.14. The second-order valence-electron chi connectivity index (χ2n) is 4.98. The molecule has 2 amide bonds. The van der Waals surface area contributed by atoms with Gasteiger partial charge in [0.25, 0.3) is 5.91 Å². The number of rotatable bonds is 4. The van der Waals surface area contributed by atoms with E-state index in [9.17, 15) is 9.59 Å². The number of fused-ring (bicyclic) bond motifs is 1. The molecule has 0 radical (unpaired) electrons. The number of nitrogens with one attached hydrogen (secondary N) is 2. The molecule has 122 valence electrons. The lowest BCUT2D eigenvalue weighted by Gasteiger charge is -2.06. The minimum absolute atomic E-state index is 0.126. The van der Waals surface area contributed by atoms with Crippen LogP contribution in [-0.4, -0.2) is 18.4 Å². The molecule has 3 aromatic rings. The fraction of sp³-hybridized carbons (Fsp3) is 0.0588. The molecular weight excluding hydrogens is 412 g/mol. The standard InChI is InChI=1S/C17H12BrClN2O2S/c18-10-5-7-11(8-6-10)21-14(22)9-20-17(23)16-15(19)12-3-1-2-4-13(12)24-16/h1-8H,9H2,(H,20,23)(H,21,22). The number of amides is 2. The van der Waals surface area contributed by atoms with Crippen LogP contribution in [0.25, 0.3) is 10.1 Å². The zero-order valence-electron chi connectivity index (χ0n) is 12.3. The second kappa shape index (κ2) is 7.34. The maximum Gasteiger partial charge on any atom is 0.263 e. The third-order valence-electron chi connectivity index (χ3n) is 3.28. The van der Waals surface area contributed by atoms with E-state index in [1.807, 2.05) is 36.4 Å². The number of halogens is 2. The summed E-state index contributed by atoms with van der Waals surface area (Å²) in [4.78, 5) is 24.6. The van der Waals surface area contributed by atoms with Crippen LogP contribution in [0.15, 0.2) is 53.0 Å². The molecule has 0 bridgehead atoms. The molecule has 0 unspecified atom stereocenters. The molecule has 4 nitrogen and oxygen atoms in total. The average molecular weight is 424 g/mol. The van der Waals surface area contributed by atoms with Crippen LogP contribution in [0, 0.1) is 0 Å². The minimum Gasteiger partial charge on any atom is -0.342 e. The second-order valence-corrected chi connectivity index (χ2v) is 7.32. The number of thiophene rings is 1. The van der Waals surface area contributed by atoms with Gasteiger partial charge in [0.15, 0.2) is 0 Å². The van der Waals surface area contributed by atoms with Crippen LogP contribution in [0.3, 0.4) is 0 Å². The Labute approximate surface area is 155 Å².